The van der Waals surface area contributed by atoms with Gasteiger partial charge in [0, 0.05) is 11.1 Å². The van der Waals surface area contributed by atoms with Crippen LogP contribution in [0, 0.1) is 10.1 Å². The number of carbonyl (C=O) groups excluding carboxylic acids is 1. The molecule has 22 heavy (non-hydrogen) atoms. The highest BCUT2D eigenvalue weighted by molar-refractivity contribution is 6.30. The molecule has 0 unspecified atom stereocenters. The summed E-state index contributed by atoms with van der Waals surface area (Å²) in [5.41, 5.74) is 2.41. The Labute approximate surface area is 132 Å². The first kappa shape index (κ1) is 17.7. The largest absolute Gasteiger partial charge is 0.480 e. The number of hydrogen-bond donors (Lipinski definition) is 1. The molecule has 0 aliphatic heterocycles. The third-order valence-electron chi connectivity index (χ3n) is 2.37. The van der Waals surface area contributed by atoms with Gasteiger partial charge in [-0.25, -0.2) is 0 Å². The van der Waals surface area contributed by atoms with Crippen molar-refractivity contribution in [1.82, 2.24) is 0 Å². The first-order valence-electron chi connectivity index (χ1n) is 6.52. The molecule has 1 rings (SSSR count). The van der Waals surface area contributed by atoms with Gasteiger partial charge in [0.25, 0.3) is 5.69 Å². The predicted octanol–water partition coefficient (Wildman–Crippen LogP) is 2.96. The van der Waals surface area contributed by atoms with Crippen LogP contribution in [0.1, 0.15) is 20.3 Å². The third-order valence-corrected chi connectivity index (χ3v) is 2.60. The zero-order valence-corrected chi connectivity index (χ0v) is 12.9. The highest BCUT2D eigenvalue weighted by Crippen LogP contribution is 2.27. The van der Waals surface area contributed by atoms with Crippen molar-refractivity contribution in [3.05, 3.63) is 33.3 Å². The number of esters is 1. The minimum absolute atomic E-state index is 0.0743. The zero-order chi connectivity index (χ0) is 16.5. The minimum Gasteiger partial charge on any atom is -0.480 e. The molecule has 1 N–H and O–H groups in total. The average molecular weight is 330 g/mol. The maximum Gasteiger partial charge on any atom is 0.315 e. The normalized spacial score (nSPS) is 11.0. The van der Waals surface area contributed by atoms with Crippen molar-refractivity contribution in [3.63, 3.8) is 0 Å². The Balaban J connectivity index is 2.90. The third kappa shape index (κ3) is 5.57. The van der Waals surface area contributed by atoms with Crippen LogP contribution in [0.25, 0.3) is 0 Å². The van der Waals surface area contributed by atoms with Crippen LogP contribution in [0.4, 0.5) is 11.4 Å². The predicted molar refractivity (Wildman–Crippen MR) is 82.0 cm³/mol. The van der Waals surface area contributed by atoms with Gasteiger partial charge in [-0.15, -0.1) is 5.10 Å². The number of benzene rings is 1. The molecule has 0 aromatic heterocycles. The van der Waals surface area contributed by atoms with E-state index in [-0.39, 0.29) is 35.3 Å². The number of carbonyl (C=O) groups is 1. The Morgan fingerprint density at radius 1 is 1.36 bits per heavy atom. The summed E-state index contributed by atoms with van der Waals surface area (Å²) in [4.78, 5) is 21.8. The number of rotatable bonds is 7. The molecule has 0 atom stereocenters. The maximum atomic E-state index is 11.4. The molecule has 0 saturated heterocycles. The van der Waals surface area contributed by atoms with E-state index in [0.717, 1.165) is 0 Å². The molecule has 9 heteroatoms. The fraction of sp³-hybridized carbons (Fsp3) is 0.385. The fourth-order valence-corrected chi connectivity index (χ4v) is 1.66. The summed E-state index contributed by atoms with van der Waals surface area (Å²) in [6, 6.07) is 4.10. The van der Waals surface area contributed by atoms with Gasteiger partial charge in [-0.3, -0.25) is 20.3 Å². The van der Waals surface area contributed by atoms with Crippen LogP contribution >= 0.6 is 11.6 Å². The standard InChI is InChI=1S/C13H16ClN3O5/c1-3-21-12(8-13(18)22-4-2)16-15-10-6-5-9(14)7-11(10)17(19)20/h5-7,15H,3-4,8H2,1-2H3/b16-12+. The second kappa shape index (κ2) is 8.83. The second-order valence-corrected chi connectivity index (χ2v) is 4.39. The first-order valence-corrected chi connectivity index (χ1v) is 6.90. The molecule has 0 amide bonds. The van der Waals surface area contributed by atoms with Crippen molar-refractivity contribution >= 4 is 34.8 Å². The quantitative estimate of drug-likeness (QED) is 0.271. The SMILES string of the molecule is CCOC(=O)C/C(=N\Nc1ccc(Cl)cc1[N+](=O)[O-])OCC. The molecule has 120 valence electrons. The second-order valence-electron chi connectivity index (χ2n) is 3.95. The summed E-state index contributed by atoms with van der Waals surface area (Å²) in [6.45, 7) is 3.95. The van der Waals surface area contributed by atoms with Crippen LogP contribution in [0.15, 0.2) is 23.3 Å². The van der Waals surface area contributed by atoms with Gasteiger partial charge in [0.15, 0.2) is 0 Å². The van der Waals surface area contributed by atoms with E-state index < -0.39 is 10.9 Å². The van der Waals surface area contributed by atoms with Crippen molar-refractivity contribution in [1.29, 1.82) is 0 Å². The number of ether oxygens (including phenoxy) is 2. The zero-order valence-electron chi connectivity index (χ0n) is 12.2. The minimum atomic E-state index is -0.588. The molecule has 1 aromatic rings. The molecular formula is C13H16ClN3O5. The summed E-state index contributed by atoms with van der Waals surface area (Å²) in [5, 5.41) is 15.1. The van der Waals surface area contributed by atoms with Crippen molar-refractivity contribution in [2.24, 2.45) is 5.10 Å². The van der Waals surface area contributed by atoms with E-state index in [9.17, 15) is 14.9 Å². The summed E-state index contributed by atoms with van der Waals surface area (Å²) in [7, 11) is 0. The molecule has 0 aliphatic rings. The molecule has 1 aromatic carbocycles. The van der Waals surface area contributed by atoms with Gasteiger partial charge in [0.1, 0.15) is 12.1 Å². The van der Waals surface area contributed by atoms with E-state index in [1.807, 2.05) is 0 Å². The van der Waals surface area contributed by atoms with E-state index in [4.69, 9.17) is 21.1 Å². The fourth-order valence-electron chi connectivity index (χ4n) is 1.50. The highest BCUT2D eigenvalue weighted by atomic mass is 35.5. The lowest BCUT2D eigenvalue weighted by Gasteiger charge is -2.08. The molecule has 0 saturated carbocycles. The Morgan fingerprint density at radius 2 is 2.05 bits per heavy atom. The van der Waals surface area contributed by atoms with Gasteiger partial charge >= 0.3 is 5.97 Å². The van der Waals surface area contributed by atoms with Gasteiger partial charge in [-0.2, -0.15) is 0 Å². The number of nitro benzene ring substituents is 1. The number of hydrogen-bond acceptors (Lipinski definition) is 7. The van der Waals surface area contributed by atoms with Crippen molar-refractivity contribution in [2.45, 2.75) is 20.3 Å². The number of nitro groups is 1. The number of halogens is 1. The highest BCUT2D eigenvalue weighted by Gasteiger charge is 2.15. The average Bonchev–Trinajstić information content (AvgIpc) is 2.46. The summed E-state index contributed by atoms with van der Waals surface area (Å²) < 4.78 is 9.99. The molecule has 0 aliphatic carbocycles. The Morgan fingerprint density at radius 3 is 2.64 bits per heavy atom. The lowest BCUT2D eigenvalue weighted by atomic mass is 10.3. The molecule has 0 heterocycles. The van der Waals surface area contributed by atoms with Crippen molar-refractivity contribution in [2.75, 3.05) is 18.6 Å². The summed E-state index contributed by atoms with van der Waals surface area (Å²) >= 11 is 5.72. The maximum absolute atomic E-state index is 11.4. The van der Waals surface area contributed by atoms with Gasteiger partial charge in [-0.1, -0.05) is 11.6 Å². The summed E-state index contributed by atoms with van der Waals surface area (Å²) in [5.74, 6) is -0.424. The van der Waals surface area contributed by atoms with Gasteiger partial charge in [0.05, 0.1) is 18.1 Å². The van der Waals surface area contributed by atoms with E-state index in [2.05, 4.69) is 10.5 Å². The Kier molecular flexibility index (Phi) is 7.11. The van der Waals surface area contributed by atoms with E-state index in [1.54, 1.807) is 13.8 Å². The van der Waals surface area contributed by atoms with Crippen LogP contribution in [0.2, 0.25) is 5.02 Å². The Hall–Kier alpha value is -2.35. The number of nitrogens with one attached hydrogen (secondary N) is 1. The van der Waals surface area contributed by atoms with Crippen LogP contribution in [-0.4, -0.2) is 30.0 Å². The van der Waals surface area contributed by atoms with Crippen LogP contribution < -0.4 is 5.43 Å². The van der Waals surface area contributed by atoms with Crippen LogP contribution in [0.3, 0.4) is 0 Å². The molecule has 0 bridgehead atoms. The monoisotopic (exact) mass is 329 g/mol. The Bertz CT molecular complexity index is 577. The summed E-state index contributed by atoms with van der Waals surface area (Å²) in [6.07, 6.45) is -0.171. The van der Waals surface area contributed by atoms with E-state index in [0.29, 0.717) is 6.61 Å². The van der Waals surface area contributed by atoms with Gasteiger partial charge < -0.3 is 9.47 Å². The first-order chi connectivity index (χ1) is 10.5. The van der Waals surface area contributed by atoms with Gasteiger partial charge in [-0.05, 0) is 26.0 Å². The smallest absolute Gasteiger partial charge is 0.315 e. The van der Waals surface area contributed by atoms with Crippen molar-refractivity contribution < 1.29 is 19.2 Å². The molecule has 0 fully saturated rings. The van der Waals surface area contributed by atoms with Gasteiger partial charge in [0.2, 0.25) is 5.90 Å². The van der Waals surface area contributed by atoms with E-state index in [1.165, 1.54) is 18.2 Å². The number of anilines is 1. The van der Waals surface area contributed by atoms with Crippen molar-refractivity contribution in [3.8, 4) is 0 Å². The lowest BCUT2D eigenvalue weighted by molar-refractivity contribution is -0.383. The number of nitrogens with zero attached hydrogens (tertiary/aromatic N) is 2. The molecule has 8 nitrogen and oxygen atoms in total. The van der Waals surface area contributed by atoms with Crippen LogP contribution in [-0.2, 0) is 14.3 Å². The van der Waals surface area contributed by atoms with E-state index >= 15 is 0 Å². The number of hydrazone groups is 1. The topological polar surface area (TPSA) is 103 Å². The molecular weight excluding hydrogens is 314 g/mol. The van der Waals surface area contributed by atoms with Crippen LogP contribution in [0.5, 0.6) is 0 Å². The molecule has 0 spiro atoms. The molecule has 0 radical (unpaired) electrons. The lowest BCUT2D eigenvalue weighted by Crippen LogP contribution is -2.15.